The van der Waals surface area contributed by atoms with Crippen molar-refractivity contribution in [3.63, 3.8) is 0 Å². The molecule has 0 amide bonds. The molecule has 0 aliphatic carbocycles. The number of methoxy groups -OCH3 is 1. The molecule has 4 heteroatoms. The molecule has 21 heavy (non-hydrogen) atoms. The average molecular weight is 291 g/mol. The third kappa shape index (κ3) is 4.43. The highest BCUT2D eigenvalue weighted by molar-refractivity contribution is 5.56. The maximum atomic E-state index is 6.15. The number of nitrogens with zero attached hydrogens (tertiary/aromatic N) is 2. The van der Waals surface area contributed by atoms with Crippen LogP contribution in [0.5, 0.6) is 0 Å². The number of nitrogens with two attached hydrogens (primary N) is 1. The van der Waals surface area contributed by atoms with Gasteiger partial charge in [0.05, 0.1) is 0 Å². The van der Waals surface area contributed by atoms with Gasteiger partial charge in [-0.25, -0.2) is 0 Å². The Balaban J connectivity index is 1.84. The van der Waals surface area contributed by atoms with Crippen molar-refractivity contribution in [3.8, 4) is 0 Å². The van der Waals surface area contributed by atoms with Gasteiger partial charge in [-0.2, -0.15) is 0 Å². The molecule has 118 valence electrons. The molecule has 2 N–H and O–H groups in total. The van der Waals surface area contributed by atoms with Crippen molar-refractivity contribution in [2.45, 2.75) is 26.3 Å². The topological polar surface area (TPSA) is 41.7 Å². The second-order valence-electron chi connectivity index (χ2n) is 6.05. The van der Waals surface area contributed by atoms with E-state index in [0.717, 1.165) is 45.8 Å². The van der Waals surface area contributed by atoms with E-state index in [-0.39, 0.29) is 6.04 Å². The first-order chi connectivity index (χ1) is 10.1. The summed E-state index contributed by atoms with van der Waals surface area (Å²) in [4.78, 5) is 4.97. The van der Waals surface area contributed by atoms with E-state index in [1.807, 2.05) is 0 Å². The quantitative estimate of drug-likeness (QED) is 0.867. The van der Waals surface area contributed by atoms with E-state index in [2.05, 4.69) is 41.8 Å². The van der Waals surface area contributed by atoms with Gasteiger partial charge in [0.15, 0.2) is 0 Å². The molecular weight excluding hydrogens is 262 g/mol. The van der Waals surface area contributed by atoms with Gasteiger partial charge in [0.25, 0.3) is 0 Å². The van der Waals surface area contributed by atoms with E-state index in [9.17, 15) is 0 Å². The van der Waals surface area contributed by atoms with Crippen LogP contribution >= 0.6 is 0 Å². The highest BCUT2D eigenvalue weighted by atomic mass is 16.5. The highest BCUT2D eigenvalue weighted by Gasteiger charge is 2.20. The SMILES string of the molecule is COCCC(N)CN1CCN(c2cccc(C)c2C)CC1. The molecule has 1 saturated heterocycles. The number of anilines is 1. The molecule has 0 saturated carbocycles. The third-order valence-electron chi connectivity index (χ3n) is 4.47. The van der Waals surface area contributed by atoms with E-state index >= 15 is 0 Å². The normalized spacial score (nSPS) is 18.0. The fourth-order valence-corrected chi connectivity index (χ4v) is 2.94. The molecule has 1 fully saturated rings. The minimum absolute atomic E-state index is 0.220. The average Bonchev–Trinajstić information content (AvgIpc) is 2.49. The maximum Gasteiger partial charge on any atom is 0.0477 e. The second-order valence-corrected chi connectivity index (χ2v) is 6.05. The van der Waals surface area contributed by atoms with Gasteiger partial charge in [0.2, 0.25) is 0 Å². The van der Waals surface area contributed by atoms with Gasteiger partial charge in [0.1, 0.15) is 0 Å². The lowest BCUT2D eigenvalue weighted by Gasteiger charge is -2.38. The molecule has 1 aliphatic heterocycles. The molecule has 2 rings (SSSR count). The zero-order valence-corrected chi connectivity index (χ0v) is 13.6. The summed E-state index contributed by atoms with van der Waals surface area (Å²) in [5.41, 5.74) is 10.3. The Morgan fingerprint density at radius 3 is 2.57 bits per heavy atom. The molecule has 1 heterocycles. The summed E-state index contributed by atoms with van der Waals surface area (Å²) < 4.78 is 5.09. The van der Waals surface area contributed by atoms with Crippen LogP contribution in [0.4, 0.5) is 5.69 Å². The number of hydrogen-bond acceptors (Lipinski definition) is 4. The first-order valence-electron chi connectivity index (χ1n) is 7.90. The zero-order chi connectivity index (χ0) is 15.2. The van der Waals surface area contributed by atoms with Crippen molar-refractivity contribution in [1.82, 2.24) is 4.90 Å². The number of piperazine rings is 1. The van der Waals surface area contributed by atoms with Crippen LogP contribution in [0.1, 0.15) is 17.5 Å². The lowest BCUT2D eigenvalue weighted by atomic mass is 10.1. The predicted octanol–water partition coefficient (Wildman–Crippen LogP) is 1.79. The smallest absolute Gasteiger partial charge is 0.0477 e. The van der Waals surface area contributed by atoms with Gasteiger partial charge in [-0.1, -0.05) is 12.1 Å². The van der Waals surface area contributed by atoms with Gasteiger partial charge < -0.3 is 15.4 Å². The number of hydrogen-bond donors (Lipinski definition) is 1. The molecular formula is C17H29N3O. The molecule has 0 aromatic heterocycles. The number of ether oxygens (including phenoxy) is 1. The van der Waals surface area contributed by atoms with E-state index in [0.29, 0.717) is 0 Å². The number of benzene rings is 1. The second kappa shape index (κ2) is 7.78. The number of aryl methyl sites for hydroxylation is 1. The highest BCUT2D eigenvalue weighted by Crippen LogP contribution is 2.23. The van der Waals surface area contributed by atoms with Gasteiger partial charge >= 0.3 is 0 Å². The van der Waals surface area contributed by atoms with Crippen LogP contribution in [0.15, 0.2) is 18.2 Å². The molecule has 4 nitrogen and oxygen atoms in total. The van der Waals surface area contributed by atoms with Gasteiger partial charge in [-0.15, -0.1) is 0 Å². The van der Waals surface area contributed by atoms with Crippen LogP contribution in [0.2, 0.25) is 0 Å². The minimum atomic E-state index is 0.220. The Morgan fingerprint density at radius 1 is 1.19 bits per heavy atom. The van der Waals surface area contributed by atoms with Gasteiger partial charge in [-0.05, 0) is 37.5 Å². The first kappa shape index (κ1) is 16.3. The largest absolute Gasteiger partial charge is 0.385 e. The van der Waals surface area contributed by atoms with Crippen LogP contribution in [0.25, 0.3) is 0 Å². The van der Waals surface area contributed by atoms with Crippen molar-refractivity contribution in [2.24, 2.45) is 5.73 Å². The molecule has 1 aromatic carbocycles. The van der Waals surface area contributed by atoms with Crippen LogP contribution < -0.4 is 10.6 Å². The molecule has 1 aliphatic rings. The summed E-state index contributed by atoms with van der Waals surface area (Å²) in [6, 6.07) is 6.80. The summed E-state index contributed by atoms with van der Waals surface area (Å²) >= 11 is 0. The zero-order valence-electron chi connectivity index (χ0n) is 13.6. The maximum absolute atomic E-state index is 6.15. The Hall–Kier alpha value is -1.10. The van der Waals surface area contributed by atoms with Crippen LogP contribution in [0, 0.1) is 13.8 Å². The fraction of sp³-hybridized carbons (Fsp3) is 0.647. The fourth-order valence-electron chi connectivity index (χ4n) is 2.94. The monoisotopic (exact) mass is 291 g/mol. The first-order valence-corrected chi connectivity index (χ1v) is 7.90. The van der Waals surface area contributed by atoms with Crippen molar-refractivity contribution in [1.29, 1.82) is 0 Å². The lowest BCUT2D eigenvalue weighted by Crippen LogP contribution is -2.50. The Labute approximate surface area is 128 Å². The lowest BCUT2D eigenvalue weighted by molar-refractivity contribution is 0.172. The summed E-state index contributed by atoms with van der Waals surface area (Å²) in [7, 11) is 1.73. The summed E-state index contributed by atoms with van der Waals surface area (Å²) in [6.07, 6.45) is 0.938. The molecule has 1 atom stereocenters. The van der Waals surface area contributed by atoms with E-state index < -0.39 is 0 Å². The minimum Gasteiger partial charge on any atom is -0.385 e. The molecule has 0 spiro atoms. The van der Waals surface area contributed by atoms with E-state index in [4.69, 9.17) is 10.5 Å². The Bertz CT molecular complexity index is 442. The standard InChI is InChI=1S/C17H29N3O/c1-14-5-4-6-17(15(14)2)20-10-8-19(9-11-20)13-16(18)7-12-21-3/h4-6,16H,7-13,18H2,1-3H3. The van der Waals surface area contributed by atoms with Crippen LogP contribution in [0.3, 0.4) is 0 Å². The molecule has 0 bridgehead atoms. The van der Waals surface area contributed by atoms with Gasteiger partial charge in [0, 0.05) is 58.2 Å². The molecule has 0 radical (unpaired) electrons. The molecule has 1 aromatic rings. The Morgan fingerprint density at radius 2 is 1.90 bits per heavy atom. The van der Waals surface area contributed by atoms with Crippen molar-refractivity contribution in [2.75, 3.05) is 51.3 Å². The molecule has 1 unspecified atom stereocenters. The van der Waals surface area contributed by atoms with E-state index in [1.54, 1.807) is 7.11 Å². The van der Waals surface area contributed by atoms with E-state index in [1.165, 1.54) is 16.8 Å². The summed E-state index contributed by atoms with van der Waals surface area (Å²) in [5, 5.41) is 0. The van der Waals surface area contributed by atoms with Crippen LogP contribution in [-0.2, 0) is 4.74 Å². The van der Waals surface area contributed by atoms with Crippen molar-refractivity contribution < 1.29 is 4.74 Å². The third-order valence-corrected chi connectivity index (χ3v) is 4.47. The number of rotatable bonds is 6. The summed E-state index contributed by atoms with van der Waals surface area (Å²) in [6.45, 7) is 10.5. The van der Waals surface area contributed by atoms with Crippen LogP contribution in [-0.4, -0.2) is 57.4 Å². The van der Waals surface area contributed by atoms with Crippen molar-refractivity contribution in [3.05, 3.63) is 29.3 Å². The summed E-state index contributed by atoms with van der Waals surface area (Å²) in [5.74, 6) is 0. The van der Waals surface area contributed by atoms with Crippen molar-refractivity contribution >= 4 is 5.69 Å². The van der Waals surface area contributed by atoms with Gasteiger partial charge in [-0.3, -0.25) is 4.90 Å². The Kier molecular flexibility index (Phi) is 6.03. The predicted molar refractivity (Wildman–Crippen MR) is 89.0 cm³/mol.